The Morgan fingerprint density at radius 1 is 1.31 bits per heavy atom. The molecule has 3 nitrogen and oxygen atoms in total. The molecule has 13 heavy (non-hydrogen) atoms. The van der Waals surface area contributed by atoms with Gasteiger partial charge in [0.05, 0.1) is 0 Å². The van der Waals surface area contributed by atoms with E-state index in [2.05, 4.69) is 13.8 Å². The second-order valence-electron chi connectivity index (χ2n) is 3.61. The molecule has 0 unspecified atom stereocenters. The van der Waals surface area contributed by atoms with Gasteiger partial charge in [0.1, 0.15) is 0 Å². The van der Waals surface area contributed by atoms with Gasteiger partial charge in [-0.15, -0.1) is 0 Å². The van der Waals surface area contributed by atoms with Crippen molar-refractivity contribution in [2.24, 2.45) is 5.92 Å². The molecular formula is C10H17NO2. The SMILES string of the molecule is CCC(CC)CN1CCC(=O)C1=O. The summed E-state index contributed by atoms with van der Waals surface area (Å²) >= 11 is 0. The monoisotopic (exact) mass is 183 g/mol. The third-order valence-corrected chi connectivity index (χ3v) is 2.77. The van der Waals surface area contributed by atoms with Crippen LogP contribution in [0.5, 0.6) is 0 Å². The maximum atomic E-state index is 11.2. The molecule has 1 saturated heterocycles. The maximum absolute atomic E-state index is 11.2. The molecule has 0 aromatic heterocycles. The predicted molar refractivity (Wildman–Crippen MR) is 50.3 cm³/mol. The van der Waals surface area contributed by atoms with Crippen LogP contribution < -0.4 is 0 Å². The van der Waals surface area contributed by atoms with Gasteiger partial charge in [0.2, 0.25) is 5.78 Å². The summed E-state index contributed by atoms with van der Waals surface area (Å²) in [6.07, 6.45) is 2.57. The summed E-state index contributed by atoms with van der Waals surface area (Å²) in [7, 11) is 0. The lowest BCUT2D eigenvalue weighted by Gasteiger charge is -2.20. The van der Waals surface area contributed by atoms with Crippen molar-refractivity contribution in [1.29, 1.82) is 0 Å². The van der Waals surface area contributed by atoms with Crippen LogP contribution in [-0.4, -0.2) is 29.7 Å². The average molecular weight is 183 g/mol. The van der Waals surface area contributed by atoms with E-state index >= 15 is 0 Å². The fourth-order valence-electron chi connectivity index (χ4n) is 1.65. The normalized spacial score (nSPS) is 17.6. The maximum Gasteiger partial charge on any atom is 0.290 e. The quantitative estimate of drug-likeness (QED) is 0.615. The third kappa shape index (κ3) is 2.29. The van der Waals surface area contributed by atoms with Crippen molar-refractivity contribution in [1.82, 2.24) is 4.90 Å². The molecule has 1 fully saturated rings. The second kappa shape index (κ2) is 4.40. The van der Waals surface area contributed by atoms with Gasteiger partial charge in [0.25, 0.3) is 5.91 Å². The molecular weight excluding hydrogens is 166 g/mol. The van der Waals surface area contributed by atoms with E-state index in [1.807, 2.05) is 0 Å². The molecule has 1 heterocycles. The van der Waals surface area contributed by atoms with Gasteiger partial charge in [0, 0.05) is 19.5 Å². The van der Waals surface area contributed by atoms with E-state index in [1.165, 1.54) is 0 Å². The Bertz CT molecular complexity index is 209. The summed E-state index contributed by atoms with van der Waals surface area (Å²) in [5, 5.41) is 0. The van der Waals surface area contributed by atoms with Gasteiger partial charge in [-0.25, -0.2) is 0 Å². The number of amides is 1. The summed E-state index contributed by atoms with van der Waals surface area (Å²) in [4.78, 5) is 23.9. The third-order valence-electron chi connectivity index (χ3n) is 2.77. The van der Waals surface area contributed by atoms with Gasteiger partial charge in [-0.2, -0.15) is 0 Å². The van der Waals surface area contributed by atoms with Gasteiger partial charge in [-0.1, -0.05) is 26.7 Å². The predicted octanol–water partition coefficient (Wildman–Crippen LogP) is 1.22. The lowest BCUT2D eigenvalue weighted by Crippen LogP contribution is -2.32. The first-order valence-electron chi connectivity index (χ1n) is 5.01. The van der Waals surface area contributed by atoms with E-state index in [4.69, 9.17) is 0 Å². The van der Waals surface area contributed by atoms with E-state index < -0.39 is 0 Å². The number of Topliss-reactive ketones (excluding diaryl/α,β-unsaturated/α-hetero) is 1. The van der Waals surface area contributed by atoms with Crippen molar-refractivity contribution in [3.8, 4) is 0 Å². The van der Waals surface area contributed by atoms with E-state index in [9.17, 15) is 9.59 Å². The molecule has 0 bridgehead atoms. The van der Waals surface area contributed by atoms with Crippen molar-refractivity contribution in [3.05, 3.63) is 0 Å². The van der Waals surface area contributed by atoms with Crippen LogP contribution in [0.3, 0.4) is 0 Å². The molecule has 1 amide bonds. The van der Waals surface area contributed by atoms with Crippen LogP contribution in [0.15, 0.2) is 0 Å². The Morgan fingerprint density at radius 3 is 2.31 bits per heavy atom. The largest absolute Gasteiger partial charge is 0.335 e. The van der Waals surface area contributed by atoms with E-state index in [0.717, 1.165) is 19.4 Å². The molecule has 1 aliphatic heterocycles. The van der Waals surface area contributed by atoms with Crippen LogP contribution in [0.4, 0.5) is 0 Å². The first kappa shape index (κ1) is 10.2. The van der Waals surface area contributed by atoms with Crippen LogP contribution >= 0.6 is 0 Å². The lowest BCUT2D eigenvalue weighted by molar-refractivity contribution is -0.140. The van der Waals surface area contributed by atoms with E-state index in [0.29, 0.717) is 18.9 Å². The number of hydrogen-bond acceptors (Lipinski definition) is 2. The van der Waals surface area contributed by atoms with Crippen LogP contribution in [0.25, 0.3) is 0 Å². The summed E-state index contributed by atoms with van der Waals surface area (Å²) in [6, 6.07) is 0. The molecule has 3 heteroatoms. The fourth-order valence-corrected chi connectivity index (χ4v) is 1.65. The van der Waals surface area contributed by atoms with Crippen molar-refractivity contribution in [2.45, 2.75) is 33.1 Å². The highest BCUT2D eigenvalue weighted by atomic mass is 16.2. The highest BCUT2D eigenvalue weighted by Crippen LogP contribution is 2.14. The fraction of sp³-hybridized carbons (Fsp3) is 0.800. The molecule has 1 aliphatic rings. The number of carbonyl (C=O) groups is 2. The van der Waals surface area contributed by atoms with Gasteiger partial charge in [0.15, 0.2) is 0 Å². The molecule has 74 valence electrons. The lowest BCUT2D eigenvalue weighted by atomic mass is 10.0. The summed E-state index contributed by atoms with van der Waals surface area (Å²) in [5.41, 5.74) is 0. The zero-order valence-electron chi connectivity index (χ0n) is 8.38. The first-order chi connectivity index (χ1) is 6.19. The van der Waals surface area contributed by atoms with Crippen molar-refractivity contribution in [2.75, 3.05) is 13.1 Å². The average Bonchev–Trinajstić information content (AvgIpc) is 2.45. The number of nitrogens with zero attached hydrogens (tertiary/aromatic N) is 1. The molecule has 0 aromatic carbocycles. The Labute approximate surface area is 79.1 Å². The number of rotatable bonds is 4. The van der Waals surface area contributed by atoms with Crippen LogP contribution in [0.2, 0.25) is 0 Å². The zero-order chi connectivity index (χ0) is 9.84. The highest BCUT2D eigenvalue weighted by molar-refractivity contribution is 6.37. The van der Waals surface area contributed by atoms with Crippen molar-refractivity contribution >= 4 is 11.7 Å². The molecule has 0 radical (unpaired) electrons. The summed E-state index contributed by atoms with van der Waals surface area (Å²) in [5.74, 6) is 0.0627. The highest BCUT2D eigenvalue weighted by Gasteiger charge is 2.29. The van der Waals surface area contributed by atoms with Crippen LogP contribution in [-0.2, 0) is 9.59 Å². The molecule has 0 aromatic rings. The van der Waals surface area contributed by atoms with Gasteiger partial charge >= 0.3 is 0 Å². The van der Waals surface area contributed by atoms with Gasteiger partial charge < -0.3 is 4.90 Å². The first-order valence-corrected chi connectivity index (χ1v) is 5.01. The number of likely N-dealkylation sites (tertiary alicyclic amines) is 1. The number of carbonyl (C=O) groups excluding carboxylic acids is 2. The Kier molecular flexibility index (Phi) is 3.46. The zero-order valence-corrected chi connectivity index (χ0v) is 8.38. The minimum Gasteiger partial charge on any atom is -0.335 e. The Morgan fingerprint density at radius 2 is 1.92 bits per heavy atom. The minimum atomic E-state index is -0.271. The topological polar surface area (TPSA) is 37.4 Å². The molecule has 0 saturated carbocycles. The Hall–Kier alpha value is -0.860. The number of hydrogen-bond donors (Lipinski definition) is 0. The molecule has 0 spiro atoms. The van der Waals surface area contributed by atoms with Gasteiger partial charge in [-0.3, -0.25) is 9.59 Å². The standard InChI is InChI=1S/C10H17NO2/c1-3-8(4-2)7-11-6-5-9(12)10(11)13/h8H,3-7H2,1-2H3. The summed E-state index contributed by atoms with van der Waals surface area (Å²) < 4.78 is 0. The summed E-state index contributed by atoms with van der Waals surface area (Å²) in [6.45, 7) is 5.64. The van der Waals surface area contributed by atoms with Crippen LogP contribution in [0.1, 0.15) is 33.1 Å². The Balaban J connectivity index is 2.45. The van der Waals surface area contributed by atoms with Crippen LogP contribution in [0, 0.1) is 5.92 Å². The minimum absolute atomic E-state index is 0.217. The number of ketones is 1. The van der Waals surface area contributed by atoms with E-state index in [1.54, 1.807) is 4.90 Å². The molecule has 0 atom stereocenters. The smallest absolute Gasteiger partial charge is 0.290 e. The molecule has 1 rings (SSSR count). The van der Waals surface area contributed by atoms with Crippen molar-refractivity contribution < 1.29 is 9.59 Å². The van der Waals surface area contributed by atoms with Gasteiger partial charge in [-0.05, 0) is 5.92 Å². The molecule has 0 N–H and O–H groups in total. The molecule has 0 aliphatic carbocycles. The van der Waals surface area contributed by atoms with E-state index in [-0.39, 0.29) is 11.7 Å². The second-order valence-corrected chi connectivity index (χ2v) is 3.61. The van der Waals surface area contributed by atoms with Crippen molar-refractivity contribution in [3.63, 3.8) is 0 Å².